The van der Waals surface area contributed by atoms with Gasteiger partial charge in [-0.05, 0) is 12.1 Å². The molecule has 0 radical (unpaired) electrons. The molecule has 4 nitrogen and oxygen atoms in total. The van der Waals surface area contributed by atoms with Gasteiger partial charge in [0.2, 0.25) is 6.43 Å². The van der Waals surface area contributed by atoms with E-state index in [1.807, 2.05) is 0 Å². The summed E-state index contributed by atoms with van der Waals surface area (Å²) in [7, 11) is 0. The van der Waals surface area contributed by atoms with E-state index in [2.05, 4.69) is 0 Å². The molecule has 17 heavy (non-hydrogen) atoms. The molecule has 8 heteroatoms. The zero-order valence-electron chi connectivity index (χ0n) is 8.48. The van der Waals surface area contributed by atoms with Gasteiger partial charge >= 0.3 is 0 Å². The van der Waals surface area contributed by atoms with Crippen LogP contribution in [0.5, 0.6) is 0 Å². The Balaban J connectivity index is 0.00000256. The predicted molar refractivity (Wildman–Crippen MR) is 57.9 cm³/mol. The Labute approximate surface area is 101 Å². The van der Waals surface area contributed by atoms with E-state index in [1.165, 1.54) is 0 Å². The first kappa shape index (κ1) is 15.7. The third-order valence-corrected chi connectivity index (χ3v) is 2.02. The Hall–Kier alpha value is -1.34. The molecule has 0 aliphatic rings. The van der Waals surface area contributed by atoms with Gasteiger partial charge in [-0.15, -0.1) is 12.4 Å². The Morgan fingerprint density at radius 3 is 2.47 bits per heavy atom. The van der Waals surface area contributed by atoms with Crippen molar-refractivity contribution in [3.05, 3.63) is 39.7 Å². The highest BCUT2D eigenvalue weighted by Crippen LogP contribution is 2.27. The average molecular weight is 271 g/mol. The maximum Gasteiger partial charge on any atom is 0.274 e. The molecule has 0 aliphatic carbocycles. The molecule has 96 valence electrons. The lowest BCUT2D eigenvalue weighted by molar-refractivity contribution is -0.385. The summed E-state index contributed by atoms with van der Waals surface area (Å²) in [6.45, 7) is 0. The van der Waals surface area contributed by atoms with Gasteiger partial charge < -0.3 is 5.73 Å². The number of nitro benzene ring substituents is 1. The second-order valence-corrected chi connectivity index (χ2v) is 3.19. The molecule has 0 aliphatic heterocycles. The molecule has 2 N–H and O–H groups in total. The van der Waals surface area contributed by atoms with Crippen molar-refractivity contribution in [3.8, 4) is 0 Å². The van der Waals surface area contributed by atoms with E-state index in [9.17, 15) is 23.3 Å². The molecule has 0 heterocycles. The molecule has 1 aromatic rings. The first-order valence-electron chi connectivity index (χ1n) is 4.39. The van der Waals surface area contributed by atoms with E-state index in [-0.39, 0.29) is 18.0 Å². The summed E-state index contributed by atoms with van der Waals surface area (Å²) in [6, 6.07) is 1.36. The number of nitrogens with two attached hydrogens (primary N) is 1. The Kier molecular flexibility index (Phi) is 5.90. The maximum atomic E-state index is 12.8. The third kappa shape index (κ3) is 4.20. The van der Waals surface area contributed by atoms with Crippen LogP contribution < -0.4 is 5.73 Å². The number of nitrogens with zero attached hydrogens (tertiary/aromatic N) is 1. The van der Waals surface area contributed by atoms with Gasteiger partial charge in [-0.25, -0.2) is 13.2 Å². The summed E-state index contributed by atoms with van der Waals surface area (Å²) in [5.41, 5.74) is 4.69. The Morgan fingerprint density at radius 2 is 2.00 bits per heavy atom. The van der Waals surface area contributed by atoms with Crippen molar-refractivity contribution >= 4 is 18.1 Å². The topological polar surface area (TPSA) is 69.2 Å². The largest absolute Gasteiger partial charge is 0.324 e. The first-order valence-corrected chi connectivity index (χ1v) is 4.39. The van der Waals surface area contributed by atoms with Crippen molar-refractivity contribution in [1.82, 2.24) is 0 Å². The molecule has 0 bridgehead atoms. The van der Waals surface area contributed by atoms with Crippen LogP contribution in [0.2, 0.25) is 0 Å². The van der Waals surface area contributed by atoms with Crippen LogP contribution in [0.15, 0.2) is 18.2 Å². The molecular weight excluding hydrogens is 261 g/mol. The van der Waals surface area contributed by atoms with E-state index < -0.39 is 35.3 Å². The minimum Gasteiger partial charge on any atom is -0.324 e. The first-order chi connectivity index (χ1) is 7.41. The van der Waals surface area contributed by atoms with Crippen molar-refractivity contribution in [1.29, 1.82) is 0 Å². The van der Waals surface area contributed by atoms with Crippen molar-refractivity contribution < 1.29 is 18.1 Å². The summed E-state index contributed by atoms with van der Waals surface area (Å²) >= 11 is 0. The van der Waals surface area contributed by atoms with E-state index >= 15 is 0 Å². The second kappa shape index (κ2) is 6.41. The highest BCUT2D eigenvalue weighted by atomic mass is 35.5. The average Bonchev–Trinajstić information content (AvgIpc) is 2.15. The van der Waals surface area contributed by atoms with Crippen LogP contribution in [0.25, 0.3) is 0 Å². The van der Waals surface area contributed by atoms with E-state index in [0.717, 1.165) is 18.2 Å². The zero-order chi connectivity index (χ0) is 12.3. The minimum atomic E-state index is -2.70. The predicted octanol–water partition coefficient (Wildman–Crippen LogP) is 2.81. The van der Waals surface area contributed by atoms with Gasteiger partial charge in [0.1, 0.15) is 5.82 Å². The van der Waals surface area contributed by atoms with Crippen molar-refractivity contribution in [3.63, 3.8) is 0 Å². The fraction of sp³-hybridized carbons (Fsp3) is 0.333. The lowest BCUT2D eigenvalue weighted by Crippen LogP contribution is -2.15. The van der Waals surface area contributed by atoms with Gasteiger partial charge in [-0.2, -0.15) is 0 Å². The third-order valence-electron chi connectivity index (χ3n) is 2.02. The van der Waals surface area contributed by atoms with Crippen molar-refractivity contribution in [2.24, 2.45) is 5.73 Å². The zero-order valence-corrected chi connectivity index (χ0v) is 9.29. The molecule has 0 amide bonds. The van der Waals surface area contributed by atoms with Crippen molar-refractivity contribution in [2.75, 3.05) is 0 Å². The molecule has 1 atom stereocenters. The number of halogens is 4. The molecule has 0 fully saturated rings. The Bertz CT molecular complexity index is 404. The fourth-order valence-electron chi connectivity index (χ4n) is 1.31. The van der Waals surface area contributed by atoms with E-state index in [4.69, 9.17) is 5.73 Å². The normalized spacial score (nSPS) is 12.1. The lowest BCUT2D eigenvalue weighted by Gasteiger charge is -2.11. The fourth-order valence-corrected chi connectivity index (χ4v) is 1.31. The van der Waals surface area contributed by atoms with Crippen LogP contribution in [0, 0.1) is 15.9 Å². The van der Waals surface area contributed by atoms with Crippen LogP contribution in [0.4, 0.5) is 18.9 Å². The summed E-state index contributed by atoms with van der Waals surface area (Å²) < 4.78 is 37.0. The summed E-state index contributed by atoms with van der Waals surface area (Å²) in [6.07, 6.45) is -3.44. The van der Waals surface area contributed by atoms with Crippen molar-refractivity contribution in [2.45, 2.75) is 18.9 Å². The summed E-state index contributed by atoms with van der Waals surface area (Å²) in [4.78, 5) is 9.79. The summed E-state index contributed by atoms with van der Waals surface area (Å²) in [5, 5.41) is 10.6. The van der Waals surface area contributed by atoms with Gasteiger partial charge in [-0.1, -0.05) is 0 Å². The maximum absolute atomic E-state index is 12.8. The smallest absolute Gasteiger partial charge is 0.274 e. The standard InChI is InChI=1S/C9H9F3N2O2.ClH/c10-5-1-2-8(14(15)16)6(3-5)7(13)4-9(11)12;/h1-3,7,9H,4,13H2;1H/t7-;/m1./s1. The SMILES string of the molecule is Cl.N[C@H](CC(F)F)c1cc(F)ccc1[N+](=O)[O-]. The number of nitro groups is 1. The molecule has 0 saturated carbocycles. The van der Waals surface area contributed by atoms with Crippen LogP contribution in [0.3, 0.4) is 0 Å². The number of alkyl halides is 2. The number of hydrogen-bond acceptors (Lipinski definition) is 3. The number of benzene rings is 1. The Morgan fingerprint density at radius 1 is 1.41 bits per heavy atom. The highest BCUT2D eigenvalue weighted by Gasteiger charge is 2.22. The van der Waals surface area contributed by atoms with Crippen LogP contribution >= 0.6 is 12.4 Å². The quantitative estimate of drug-likeness (QED) is 0.675. The van der Waals surface area contributed by atoms with E-state index in [1.54, 1.807) is 0 Å². The van der Waals surface area contributed by atoms with Gasteiger partial charge in [0.05, 0.1) is 4.92 Å². The molecule has 0 saturated heterocycles. The molecule has 0 unspecified atom stereocenters. The molecular formula is C9H10ClF3N2O2. The van der Waals surface area contributed by atoms with Gasteiger partial charge in [0, 0.05) is 24.1 Å². The minimum absolute atomic E-state index is 0. The van der Waals surface area contributed by atoms with Gasteiger partial charge in [-0.3, -0.25) is 10.1 Å². The highest BCUT2D eigenvalue weighted by molar-refractivity contribution is 5.85. The molecule has 1 aromatic carbocycles. The van der Waals surface area contributed by atoms with Gasteiger partial charge in [0.25, 0.3) is 5.69 Å². The molecule has 1 rings (SSSR count). The van der Waals surface area contributed by atoms with Crippen LogP contribution in [-0.4, -0.2) is 11.3 Å². The molecule has 0 aromatic heterocycles. The van der Waals surface area contributed by atoms with Gasteiger partial charge in [0.15, 0.2) is 0 Å². The second-order valence-electron chi connectivity index (χ2n) is 3.19. The lowest BCUT2D eigenvalue weighted by atomic mass is 10.0. The monoisotopic (exact) mass is 270 g/mol. The molecule has 0 spiro atoms. The number of hydrogen-bond donors (Lipinski definition) is 1. The number of rotatable bonds is 4. The van der Waals surface area contributed by atoms with Crippen LogP contribution in [0.1, 0.15) is 18.0 Å². The summed E-state index contributed by atoms with van der Waals surface area (Å²) in [5.74, 6) is -0.745. The van der Waals surface area contributed by atoms with Crippen LogP contribution in [-0.2, 0) is 0 Å². The van der Waals surface area contributed by atoms with E-state index in [0.29, 0.717) is 0 Å².